The molecule has 0 atom stereocenters. The van der Waals surface area contributed by atoms with Crippen LogP contribution in [0, 0.1) is 10.1 Å². The number of nitrogens with zero attached hydrogens (tertiary/aromatic N) is 3. The Morgan fingerprint density at radius 3 is 2.52 bits per heavy atom. The minimum atomic E-state index is -0.613. The first kappa shape index (κ1) is 16.5. The van der Waals surface area contributed by atoms with Gasteiger partial charge in [0.05, 0.1) is 4.92 Å². The first-order valence-corrected chi connectivity index (χ1v) is 7.56. The Hall–Kier alpha value is -3.32. The molecule has 3 rings (SSSR count). The average molecular weight is 355 g/mol. The monoisotopic (exact) mass is 354 g/mol. The van der Waals surface area contributed by atoms with E-state index in [1.807, 2.05) is 6.07 Å². The van der Waals surface area contributed by atoms with Crippen LogP contribution >= 0.6 is 11.6 Å². The third kappa shape index (κ3) is 3.78. The maximum absolute atomic E-state index is 12.5. The molecular weight excluding hydrogens is 344 g/mol. The molecule has 7 nitrogen and oxygen atoms in total. The summed E-state index contributed by atoms with van der Waals surface area (Å²) in [6.07, 6.45) is 1.02. The molecule has 2 aromatic carbocycles. The Morgan fingerprint density at radius 2 is 1.80 bits per heavy atom. The summed E-state index contributed by atoms with van der Waals surface area (Å²) in [5.74, 6) is -0.200. The fraction of sp³-hybridized carbons (Fsp3) is 0. The molecule has 1 N–H and O–H groups in total. The van der Waals surface area contributed by atoms with Crippen molar-refractivity contribution in [3.05, 3.63) is 87.3 Å². The maximum atomic E-state index is 12.5. The van der Waals surface area contributed by atoms with Crippen molar-refractivity contribution in [2.45, 2.75) is 0 Å². The highest BCUT2D eigenvalue weighted by Gasteiger charge is 2.17. The highest BCUT2D eigenvalue weighted by atomic mass is 35.5. The molecule has 0 unspecified atom stereocenters. The van der Waals surface area contributed by atoms with Crippen LogP contribution in [-0.2, 0) is 0 Å². The zero-order valence-electron chi connectivity index (χ0n) is 12.7. The number of halogens is 1. The highest BCUT2D eigenvalue weighted by molar-refractivity contribution is 6.28. The number of carbonyl (C=O) groups is 1. The van der Waals surface area contributed by atoms with Crippen LogP contribution in [0.5, 0.6) is 0 Å². The number of hydrogen-bond donors (Lipinski definition) is 1. The van der Waals surface area contributed by atoms with Crippen LogP contribution in [-0.4, -0.2) is 20.7 Å². The number of hydrogen-bond acceptors (Lipinski definition) is 6. The fourth-order valence-corrected chi connectivity index (χ4v) is 2.34. The first-order chi connectivity index (χ1) is 12.0. The number of carbonyl (C=O) groups excluding carboxylic acids is 1. The van der Waals surface area contributed by atoms with Crippen LogP contribution in [0.4, 0.5) is 17.2 Å². The fourth-order valence-electron chi connectivity index (χ4n) is 2.21. The number of nitro groups is 1. The molecule has 25 heavy (non-hydrogen) atoms. The van der Waals surface area contributed by atoms with E-state index in [9.17, 15) is 14.9 Å². The van der Waals surface area contributed by atoms with E-state index in [0.29, 0.717) is 16.8 Å². The van der Waals surface area contributed by atoms with Gasteiger partial charge in [-0.15, -0.1) is 0 Å². The molecule has 0 saturated carbocycles. The molecule has 0 amide bonds. The minimum absolute atomic E-state index is 0.0469. The van der Waals surface area contributed by atoms with Gasteiger partial charge in [0.25, 0.3) is 0 Å². The predicted molar refractivity (Wildman–Crippen MR) is 93.3 cm³/mol. The number of nitrogens with one attached hydrogen (secondary N) is 1. The van der Waals surface area contributed by atoms with E-state index >= 15 is 0 Å². The van der Waals surface area contributed by atoms with E-state index < -0.39 is 4.92 Å². The minimum Gasteiger partial charge on any atom is -0.334 e. The van der Waals surface area contributed by atoms with E-state index in [1.54, 1.807) is 48.5 Å². The molecule has 0 spiro atoms. The normalized spacial score (nSPS) is 10.3. The Balaban J connectivity index is 1.92. The zero-order chi connectivity index (χ0) is 17.8. The van der Waals surface area contributed by atoms with Crippen molar-refractivity contribution < 1.29 is 9.72 Å². The molecule has 1 heterocycles. The van der Waals surface area contributed by atoms with Crippen LogP contribution in [0.15, 0.2) is 60.8 Å². The van der Waals surface area contributed by atoms with E-state index in [2.05, 4.69) is 15.3 Å². The van der Waals surface area contributed by atoms with Crippen LogP contribution in [0.2, 0.25) is 5.28 Å². The topological polar surface area (TPSA) is 98.0 Å². The molecule has 124 valence electrons. The van der Waals surface area contributed by atoms with Gasteiger partial charge in [-0.2, -0.15) is 4.98 Å². The van der Waals surface area contributed by atoms with Crippen molar-refractivity contribution in [1.29, 1.82) is 0 Å². The van der Waals surface area contributed by atoms with Gasteiger partial charge in [-0.25, -0.2) is 4.98 Å². The number of rotatable bonds is 5. The van der Waals surface area contributed by atoms with Crippen molar-refractivity contribution in [3.8, 4) is 0 Å². The lowest BCUT2D eigenvalue weighted by atomic mass is 10.0. The molecule has 0 radical (unpaired) electrons. The quantitative estimate of drug-likeness (QED) is 0.321. The van der Waals surface area contributed by atoms with Crippen molar-refractivity contribution in [1.82, 2.24) is 9.97 Å². The van der Waals surface area contributed by atoms with Crippen LogP contribution in [0.1, 0.15) is 15.9 Å². The molecule has 0 aliphatic heterocycles. The molecular formula is C17H11ClN4O3. The van der Waals surface area contributed by atoms with Crippen molar-refractivity contribution in [3.63, 3.8) is 0 Å². The summed E-state index contributed by atoms with van der Waals surface area (Å²) in [5, 5.41) is 13.8. The molecule has 0 aliphatic rings. The zero-order valence-corrected chi connectivity index (χ0v) is 13.5. The molecule has 0 fully saturated rings. The maximum Gasteiger partial charge on any atom is 0.329 e. The number of benzene rings is 2. The summed E-state index contributed by atoms with van der Waals surface area (Å²) in [6, 6.07) is 15.4. The lowest BCUT2D eigenvalue weighted by molar-refractivity contribution is -0.384. The molecule has 1 aromatic heterocycles. The first-order valence-electron chi connectivity index (χ1n) is 7.18. The molecule has 8 heteroatoms. The Kier molecular flexibility index (Phi) is 4.67. The van der Waals surface area contributed by atoms with E-state index in [4.69, 9.17) is 11.6 Å². The van der Waals surface area contributed by atoms with Gasteiger partial charge >= 0.3 is 5.69 Å². The number of anilines is 2. The van der Waals surface area contributed by atoms with Gasteiger partial charge in [0.1, 0.15) is 6.20 Å². The van der Waals surface area contributed by atoms with Crippen molar-refractivity contribution in [2.24, 2.45) is 0 Å². The predicted octanol–water partition coefficient (Wildman–Crippen LogP) is 4.01. The summed E-state index contributed by atoms with van der Waals surface area (Å²) in [7, 11) is 0. The SMILES string of the molecule is O=C(c1ccccc1)c1cccc(Nc2nc(Cl)ncc2[N+](=O)[O-])c1. The smallest absolute Gasteiger partial charge is 0.329 e. The summed E-state index contributed by atoms with van der Waals surface area (Å²) < 4.78 is 0. The largest absolute Gasteiger partial charge is 0.334 e. The lowest BCUT2D eigenvalue weighted by Gasteiger charge is -2.08. The second kappa shape index (κ2) is 7.06. The van der Waals surface area contributed by atoms with Gasteiger partial charge in [-0.05, 0) is 23.7 Å². The second-order valence-corrected chi connectivity index (χ2v) is 5.37. The van der Waals surface area contributed by atoms with Gasteiger partial charge < -0.3 is 5.32 Å². The van der Waals surface area contributed by atoms with Crippen molar-refractivity contribution in [2.75, 3.05) is 5.32 Å². The molecule has 0 bridgehead atoms. The van der Waals surface area contributed by atoms with Gasteiger partial charge in [0, 0.05) is 16.8 Å². The standard InChI is InChI=1S/C17H11ClN4O3/c18-17-19-10-14(22(24)25)16(21-17)20-13-8-4-7-12(9-13)15(23)11-5-2-1-3-6-11/h1-10H,(H,19,20,21). The van der Waals surface area contributed by atoms with E-state index in [1.165, 1.54) is 0 Å². The number of ketones is 1. The summed E-state index contributed by atoms with van der Waals surface area (Å²) in [5.41, 5.74) is 1.15. The summed E-state index contributed by atoms with van der Waals surface area (Å²) >= 11 is 5.71. The third-order valence-corrected chi connectivity index (χ3v) is 3.54. The summed E-state index contributed by atoms with van der Waals surface area (Å²) in [6.45, 7) is 0. The molecule has 3 aromatic rings. The highest BCUT2D eigenvalue weighted by Crippen LogP contribution is 2.26. The Bertz CT molecular complexity index is 948. The third-order valence-electron chi connectivity index (χ3n) is 3.36. The molecule has 0 aliphatic carbocycles. The van der Waals surface area contributed by atoms with Crippen molar-refractivity contribution >= 4 is 34.6 Å². The molecule has 0 saturated heterocycles. The van der Waals surface area contributed by atoms with E-state index in [-0.39, 0.29) is 22.6 Å². The lowest BCUT2D eigenvalue weighted by Crippen LogP contribution is -2.04. The summed E-state index contributed by atoms with van der Waals surface area (Å²) in [4.78, 5) is 30.4. The average Bonchev–Trinajstić information content (AvgIpc) is 2.62. The van der Waals surface area contributed by atoms with Crippen LogP contribution in [0.3, 0.4) is 0 Å². The Labute approximate surface area is 147 Å². The van der Waals surface area contributed by atoms with Gasteiger partial charge in [-0.3, -0.25) is 14.9 Å². The number of aromatic nitrogens is 2. The second-order valence-electron chi connectivity index (χ2n) is 5.03. The van der Waals surface area contributed by atoms with Gasteiger partial charge in [-0.1, -0.05) is 42.5 Å². The Morgan fingerprint density at radius 1 is 1.08 bits per heavy atom. The van der Waals surface area contributed by atoms with E-state index in [0.717, 1.165) is 6.20 Å². The van der Waals surface area contributed by atoms with Gasteiger partial charge in [0.15, 0.2) is 5.78 Å². The van der Waals surface area contributed by atoms with Gasteiger partial charge in [0.2, 0.25) is 11.1 Å². The van der Waals surface area contributed by atoms with Crippen LogP contribution in [0.25, 0.3) is 0 Å². The van der Waals surface area contributed by atoms with Crippen LogP contribution < -0.4 is 5.32 Å².